The van der Waals surface area contributed by atoms with Gasteiger partial charge < -0.3 is 14.2 Å². The van der Waals surface area contributed by atoms with Crippen molar-refractivity contribution in [2.75, 3.05) is 14.1 Å². The van der Waals surface area contributed by atoms with Gasteiger partial charge in [-0.05, 0) is 33.8 Å². The van der Waals surface area contributed by atoms with Gasteiger partial charge in [0.15, 0.2) is 0 Å². The van der Waals surface area contributed by atoms with Crippen molar-refractivity contribution in [2.24, 2.45) is 0 Å². The molecule has 1 aromatic carbocycles. The molecule has 114 valence electrons. The summed E-state index contributed by atoms with van der Waals surface area (Å²) in [7, 11) is 2.36. The Kier molecular flexibility index (Phi) is 3.89. The van der Waals surface area contributed by atoms with Crippen molar-refractivity contribution in [1.82, 2.24) is 4.90 Å². The van der Waals surface area contributed by atoms with Crippen LogP contribution in [0.15, 0.2) is 18.2 Å². The molecular formula is C15H21BFNO3. The number of hydrogen-bond acceptors (Lipinski definition) is 3. The van der Waals surface area contributed by atoms with E-state index in [1.807, 2.05) is 27.7 Å². The van der Waals surface area contributed by atoms with E-state index >= 15 is 0 Å². The molecule has 0 bridgehead atoms. The monoisotopic (exact) mass is 293 g/mol. The zero-order valence-electron chi connectivity index (χ0n) is 13.4. The van der Waals surface area contributed by atoms with E-state index in [1.54, 1.807) is 26.2 Å². The van der Waals surface area contributed by atoms with Crippen LogP contribution in [-0.2, 0) is 9.31 Å². The fraction of sp³-hybridized carbons (Fsp3) is 0.533. The highest BCUT2D eigenvalue weighted by Gasteiger charge is 2.52. The van der Waals surface area contributed by atoms with E-state index in [-0.39, 0.29) is 16.9 Å². The maximum absolute atomic E-state index is 14.6. The molecule has 1 amide bonds. The van der Waals surface area contributed by atoms with Gasteiger partial charge in [0.2, 0.25) is 0 Å². The van der Waals surface area contributed by atoms with Gasteiger partial charge in [-0.1, -0.05) is 12.1 Å². The second-order valence-corrected chi connectivity index (χ2v) is 6.50. The van der Waals surface area contributed by atoms with Crippen molar-refractivity contribution < 1.29 is 18.5 Å². The molecule has 0 radical (unpaired) electrons. The van der Waals surface area contributed by atoms with E-state index in [4.69, 9.17) is 9.31 Å². The number of rotatable bonds is 2. The van der Waals surface area contributed by atoms with Crippen LogP contribution < -0.4 is 5.46 Å². The first-order valence-corrected chi connectivity index (χ1v) is 6.92. The maximum Gasteiger partial charge on any atom is 0.497 e. The maximum atomic E-state index is 14.6. The second-order valence-electron chi connectivity index (χ2n) is 6.50. The van der Waals surface area contributed by atoms with E-state index in [1.165, 1.54) is 11.0 Å². The molecule has 4 nitrogen and oxygen atoms in total. The Morgan fingerprint density at radius 1 is 1.14 bits per heavy atom. The van der Waals surface area contributed by atoms with Crippen molar-refractivity contribution in [3.05, 3.63) is 29.6 Å². The third-order valence-electron chi connectivity index (χ3n) is 4.17. The van der Waals surface area contributed by atoms with Crippen LogP contribution in [-0.4, -0.2) is 43.2 Å². The molecule has 21 heavy (non-hydrogen) atoms. The van der Waals surface area contributed by atoms with Crippen molar-refractivity contribution in [3.63, 3.8) is 0 Å². The van der Waals surface area contributed by atoms with Crippen LogP contribution in [0.2, 0.25) is 0 Å². The molecule has 1 fully saturated rings. The molecule has 0 N–H and O–H groups in total. The number of benzene rings is 1. The van der Waals surface area contributed by atoms with E-state index in [0.29, 0.717) is 0 Å². The average molecular weight is 293 g/mol. The first-order chi connectivity index (χ1) is 9.57. The van der Waals surface area contributed by atoms with Crippen LogP contribution in [0.5, 0.6) is 0 Å². The Hall–Kier alpha value is -1.40. The quantitative estimate of drug-likeness (QED) is 0.781. The fourth-order valence-electron chi connectivity index (χ4n) is 2.11. The summed E-state index contributed by atoms with van der Waals surface area (Å²) in [6, 6.07) is 4.69. The fourth-order valence-corrected chi connectivity index (χ4v) is 2.11. The Balaban J connectivity index is 2.39. The van der Waals surface area contributed by atoms with Gasteiger partial charge in [-0.15, -0.1) is 0 Å². The van der Waals surface area contributed by atoms with Crippen LogP contribution in [0.3, 0.4) is 0 Å². The summed E-state index contributed by atoms with van der Waals surface area (Å²) in [4.78, 5) is 13.3. The molecule has 0 aliphatic carbocycles. The molecule has 1 aliphatic rings. The van der Waals surface area contributed by atoms with Crippen LogP contribution >= 0.6 is 0 Å². The summed E-state index contributed by atoms with van der Waals surface area (Å²) >= 11 is 0. The molecule has 0 spiro atoms. The largest absolute Gasteiger partial charge is 0.497 e. The molecule has 1 aliphatic heterocycles. The normalized spacial score (nSPS) is 19.7. The number of hydrogen-bond donors (Lipinski definition) is 0. The minimum absolute atomic E-state index is 0.0206. The summed E-state index contributed by atoms with van der Waals surface area (Å²) in [5.41, 5.74) is -0.828. The minimum atomic E-state index is -0.815. The van der Waals surface area contributed by atoms with Crippen molar-refractivity contribution >= 4 is 18.5 Å². The molecule has 1 saturated heterocycles. The molecule has 0 saturated carbocycles. The Bertz CT molecular complexity index is 556. The Labute approximate surface area is 125 Å². The average Bonchev–Trinajstić information content (AvgIpc) is 2.57. The smallest absolute Gasteiger partial charge is 0.399 e. The Morgan fingerprint density at radius 3 is 2.14 bits per heavy atom. The van der Waals surface area contributed by atoms with Crippen LogP contribution in [0, 0.1) is 5.82 Å². The molecular weight excluding hydrogens is 272 g/mol. The van der Waals surface area contributed by atoms with Crippen molar-refractivity contribution in [1.29, 1.82) is 0 Å². The van der Waals surface area contributed by atoms with Gasteiger partial charge in [-0.3, -0.25) is 4.79 Å². The number of carbonyl (C=O) groups is 1. The molecule has 1 aromatic rings. The lowest BCUT2D eigenvalue weighted by Gasteiger charge is -2.32. The number of carbonyl (C=O) groups excluding carboxylic acids is 1. The standard InChI is InChI=1S/C15H21BFNO3/c1-14(2)15(3,4)21-16(20-14)11-9-7-8-10(12(11)17)13(19)18(5)6/h7-9H,1-6H3. The minimum Gasteiger partial charge on any atom is -0.399 e. The predicted molar refractivity (Wildman–Crippen MR) is 80.1 cm³/mol. The van der Waals surface area contributed by atoms with Crippen LogP contribution in [0.25, 0.3) is 0 Å². The molecule has 0 atom stereocenters. The highest BCUT2D eigenvalue weighted by atomic mass is 19.1. The highest BCUT2D eigenvalue weighted by molar-refractivity contribution is 6.62. The number of amides is 1. The number of nitrogens with zero attached hydrogens (tertiary/aromatic N) is 1. The highest BCUT2D eigenvalue weighted by Crippen LogP contribution is 2.36. The first kappa shape index (κ1) is 16.0. The van der Waals surface area contributed by atoms with Crippen molar-refractivity contribution in [2.45, 2.75) is 38.9 Å². The summed E-state index contributed by atoms with van der Waals surface area (Å²) in [5, 5.41) is 0. The lowest BCUT2D eigenvalue weighted by atomic mass is 9.77. The summed E-state index contributed by atoms with van der Waals surface area (Å²) < 4.78 is 26.3. The van der Waals surface area contributed by atoms with Crippen LogP contribution in [0.1, 0.15) is 38.1 Å². The van der Waals surface area contributed by atoms with Gasteiger partial charge in [-0.25, -0.2) is 4.39 Å². The van der Waals surface area contributed by atoms with Gasteiger partial charge in [0.05, 0.1) is 16.8 Å². The van der Waals surface area contributed by atoms with Gasteiger partial charge in [-0.2, -0.15) is 0 Å². The van der Waals surface area contributed by atoms with E-state index in [2.05, 4.69) is 0 Å². The van der Waals surface area contributed by atoms with Crippen molar-refractivity contribution in [3.8, 4) is 0 Å². The second kappa shape index (κ2) is 5.11. The van der Waals surface area contributed by atoms with E-state index < -0.39 is 24.1 Å². The van der Waals surface area contributed by atoms with Gasteiger partial charge in [0.25, 0.3) is 5.91 Å². The number of halogens is 1. The molecule has 1 heterocycles. The predicted octanol–water partition coefficient (Wildman–Crippen LogP) is 1.83. The van der Waals surface area contributed by atoms with E-state index in [9.17, 15) is 9.18 Å². The Morgan fingerprint density at radius 2 is 1.67 bits per heavy atom. The molecule has 2 rings (SSSR count). The summed E-state index contributed by atoms with van der Waals surface area (Å²) in [6.45, 7) is 7.61. The SMILES string of the molecule is CN(C)C(=O)c1cccc(B2OC(C)(C)C(C)(C)O2)c1F. The van der Waals surface area contributed by atoms with E-state index in [0.717, 1.165) is 0 Å². The lowest BCUT2D eigenvalue weighted by molar-refractivity contribution is 0.00578. The molecule has 0 unspecified atom stereocenters. The third kappa shape index (κ3) is 2.70. The van der Waals surface area contributed by atoms with Gasteiger partial charge in [0, 0.05) is 19.6 Å². The zero-order valence-corrected chi connectivity index (χ0v) is 13.4. The van der Waals surface area contributed by atoms with Gasteiger partial charge in [0.1, 0.15) is 5.82 Å². The first-order valence-electron chi connectivity index (χ1n) is 6.92. The lowest BCUT2D eigenvalue weighted by Crippen LogP contribution is -2.41. The van der Waals surface area contributed by atoms with Crippen LogP contribution in [0.4, 0.5) is 4.39 Å². The molecule has 0 aromatic heterocycles. The zero-order chi connectivity index (χ0) is 16.0. The molecule has 6 heteroatoms. The van der Waals surface area contributed by atoms with Gasteiger partial charge >= 0.3 is 7.12 Å². The summed E-state index contributed by atoms with van der Waals surface area (Å²) in [5.74, 6) is -0.972. The third-order valence-corrected chi connectivity index (χ3v) is 4.17. The summed E-state index contributed by atoms with van der Waals surface area (Å²) in [6.07, 6.45) is 0. The topological polar surface area (TPSA) is 38.8 Å².